The summed E-state index contributed by atoms with van der Waals surface area (Å²) in [5.74, 6) is 1.78. The Bertz CT molecular complexity index is 576. The number of ether oxygens (including phenoxy) is 2. The molecule has 2 saturated heterocycles. The molecule has 0 saturated carbocycles. The minimum Gasteiger partial charge on any atom is -0.489 e. The van der Waals surface area contributed by atoms with E-state index in [2.05, 4.69) is 15.2 Å². The first-order chi connectivity index (χ1) is 11.6. The molecule has 2 unspecified atom stereocenters. The Morgan fingerprint density at radius 2 is 2.16 bits per heavy atom. The van der Waals surface area contributed by atoms with Gasteiger partial charge in [0.2, 0.25) is 0 Å². The third-order valence-electron chi connectivity index (χ3n) is 4.83. The molecule has 0 amide bonds. The maximum absolute atomic E-state index is 5.91. The molecule has 2 atom stereocenters. The summed E-state index contributed by atoms with van der Waals surface area (Å²) in [6.07, 6.45) is 2.38. The predicted molar refractivity (Wildman–Crippen MR) is 112 cm³/mol. The van der Waals surface area contributed by atoms with Crippen LogP contribution in [0.3, 0.4) is 0 Å². The highest BCUT2D eigenvalue weighted by Crippen LogP contribution is 2.38. The van der Waals surface area contributed by atoms with Gasteiger partial charge in [-0.1, -0.05) is 11.6 Å². The molecule has 2 aliphatic heterocycles. The Balaban J connectivity index is 0.00000225. The SMILES string of the molecule is CN=C(NCC(C)Oc1ccc(Cl)cc1)N1CCC2(CCOC2)C1.I. The summed E-state index contributed by atoms with van der Waals surface area (Å²) in [4.78, 5) is 6.77. The lowest BCUT2D eigenvalue weighted by Crippen LogP contribution is -2.44. The van der Waals surface area contributed by atoms with E-state index in [1.807, 2.05) is 38.2 Å². The average molecular weight is 480 g/mol. The van der Waals surface area contributed by atoms with E-state index < -0.39 is 0 Å². The van der Waals surface area contributed by atoms with Crippen molar-refractivity contribution >= 4 is 41.5 Å². The lowest BCUT2D eigenvalue weighted by molar-refractivity contribution is 0.156. The molecule has 2 fully saturated rings. The number of guanidine groups is 1. The Morgan fingerprint density at radius 3 is 2.80 bits per heavy atom. The first-order valence-corrected chi connectivity index (χ1v) is 8.94. The van der Waals surface area contributed by atoms with Gasteiger partial charge in [0, 0.05) is 37.2 Å². The van der Waals surface area contributed by atoms with Gasteiger partial charge in [0.1, 0.15) is 11.9 Å². The number of hydrogen-bond acceptors (Lipinski definition) is 3. The molecule has 140 valence electrons. The topological polar surface area (TPSA) is 46.1 Å². The van der Waals surface area contributed by atoms with Gasteiger partial charge in [-0.05, 0) is 44.0 Å². The third-order valence-corrected chi connectivity index (χ3v) is 5.09. The van der Waals surface area contributed by atoms with Crippen LogP contribution in [0.5, 0.6) is 5.75 Å². The molecular weight excluding hydrogens is 453 g/mol. The highest BCUT2D eigenvalue weighted by Gasteiger charge is 2.42. The molecule has 25 heavy (non-hydrogen) atoms. The number of nitrogens with zero attached hydrogens (tertiary/aromatic N) is 2. The van der Waals surface area contributed by atoms with E-state index in [9.17, 15) is 0 Å². The summed E-state index contributed by atoms with van der Waals surface area (Å²) < 4.78 is 11.5. The summed E-state index contributed by atoms with van der Waals surface area (Å²) >= 11 is 5.90. The maximum Gasteiger partial charge on any atom is 0.193 e. The highest BCUT2D eigenvalue weighted by molar-refractivity contribution is 14.0. The van der Waals surface area contributed by atoms with Crippen molar-refractivity contribution in [3.8, 4) is 5.75 Å². The maximum atomic E-state index is 5.91. The van der Waals surface area contributed by atoms with Gasteiger partial charge in [-0.2, -0.15) is 0 Å². The summed E-state index contributed by atoms with van der Waals surface area (Å²) in [6, 6.07) is 7.45. The van der Waals surface area contributed by atoms with Gasteiger partial charge in [-0.25, -0.2) is 0 Å². The molecule has 0 bridgehead atoms. The van der Waals surface area contributed by atoms with E-state index in [0.717, 1.165) is 44.4 Å². The summed E-state index contributed by atoms with van der Waals surface area (Å²) in [6.45, 7) is 6.59. The van der Waals surface area contributed by atoms with Gasteiger partial charge in [0.25, 0.3) is 0 Å². The fourth-order valence-electron chi connectivity index (χ4n) is 3.44. The number of hydrogen-bond donors (Lipinski definition) is 1. The first-order valence-electron chi connectivity index (χ1n) is 8.56. The number of likely N-dealkylation sites (tertiary alicyclic amines) is 1. The van der Waals surface area contributed by atoms with E-state index in [1.54, 1.807) is 0 Å². The van der Waals surface area contributed by atoms with Crippen LogP contribution in [-0.4, -0.2) is 56.9 Å². The zero-order valence-corrected chi connectivity index (χ0v) is 17.9. The molecule has 2 aliphatic rings. The van der Waals surface area contributed by atoms with E-state index in [1.165, 1.54) is 6.42 Å². The van der Waals surface area contributed by atoms with E-state index in [4.69, 9.17) is 21.1 Å². The van der Waals surface area contributed by atoms with Crippen LogP contribution in [-0.2, 0) is 4.74 Å². The summed E-state index contributed by atoms with van der Waals surface area (Å²) in [7, 11) is 1.84. The molecule has 1 aromatic rings. The number of aliphatic imine (C=N–C) groups is 1. The second-order valence-corrected chi connectivity index (χ2v) is 7.22. The Hall–Kier alpha value is -0.730. The lowest BCUT2D eigenvalue weighted by atomic mass is 9.87. The highest BCUT2D eigenvalue weighted by atomic mass is 127. The smallest absolute Gasteiger partial charge is 0.193 e. The molecule has 0 aliphatic carbocycles. The lowest BCUT2D eigenvalue weighted by Gasteiger charge is -2.26. The standard InChI is InChI=1S/C18H26ClN3O2.HI/c1-14(24-16-5-3-15(19)4-6-16)11-21-17(20-2)22-9-7-18(12-22)8-10-23-13-18;/h3-6,14H,7-13H2,1-2H3,(H,20,21);1H. The van der Waals surface area contributed by atoms with Gasteiger partial charge in [0.05, 0.1) is 13.2 Å². The van der Waals surface area contributed by atoms with Gasteiger partial charge in [0.15, 0.2) is 5.96 Å². The summed E-state index contributed by atoms with van der Waals surface area (Å²) in [5.41, 5.74) is 0.336. The van der Waals surface area contributed by atoms with Crippen LogP contribution < -0.4 is 10.1 Å². The van der Waals surface area contributed by atoms with Crippen molar-refractivity contribution in [3.05, 3.63) is 29.3 Å². The van der Waals surface area contributed by atoms with Crippen molar-refractivity contribution in [3.63, 3.8) is 0 Å². The van der Waals surface area contributed by atoms with Gasteiger partial charge in [-0.3, -0.25) is 4.99 Å². The van der Waals surface area contributed by atoms with Gasteiger partial charge in [-0.15, -0.1) is 24.0 Å². The minimum atomic E-state index is 0. The fourth-order valence-corrected chi connectivity index (χ4v) is 3.57. The van der Waals surface area contributed by atoms with Crippen LogP contribution in [0.4, 0.5) is 0 Å². The van der Waals surface area contributed by atoms with Crippen molar-refractivity contribution in [1.29, 1.82) is 0 Å². The second kappa shape index (κ2) is 9.28. The predicted octanol–water partition coefficient (Wildman–Crippen LogP) is 3.41. The number of nitrogens with one attached hydrogen (secondary N) is 1. The average Bonchev–Trinajstić information content (AvgIpc) is 3.21. The zero-order valence-electron chi connectivity index (χ0n) is 14.8. The molecule has 1 N–H and O–H groups in total. The molecule has 2 heterocycles. The molecule has 7 heteroatoms. The normalized spacial score (nSPS) is 24.3. The van der Waals surface area contributed by atoms with Crippen molar-refractivity contribution in [1.82, 2.24) is 10.2 Å². The molecule has 1 aromatic carbocycles. The monoisotopic (exact) mass is 479 g/mol. The zero-order chi connectivity index (χ0) is 17.0. The van der Waals surface area contributed by atoms with Crippen LogP contribution in [0.1, 0.15) is 19.8 Å². The fraction of sp³-hybridized carbons (Fsp3) is 0.611. The van der Waals surface area contributed by atoms with E-state index >= 15 is 0 Å². The third kappa shape index (κ3) is 5.37. The van der Waals surface area contributed by atoms with Crippen LogP contribution in [0.15, 0.2) is 29.3 Å². The van der Waals surface area contributed by atoms with Crippen LogP contribution >= 0.6 is 35.6 Å². The van der Waals surface area contributed by atoms with Crippen LogP contribution in [0.25, 0.3) is 0 Å². The minimum absolute atomic E-state index is 0. The van der Waals surface area contributed by atoms with Gasteiger partial charge >= 0.3 is 0 Å². The molecule has 3 rings (SSSR count). The first kappa shape index (κ1) is 20.6. The number of benzene rings is 1. The van der Waals surface area contributed by atoms with E-state index in [0.29, 0.717) is 17.0 Å². The quantitative estimate of drug-likeness (QED) is 0.408. The van der Waals surface area contributed by atoms with E-state index in [-0.39, 0.29) is 30.1 Å². The van der Waals surface area contributed by atoms with Crippen LogP contribution in [0, 0.1) is 5.41 Å². The Labute approximate surface area is 172 Å². The largest absolute Gasteiger partial charge is 0.489 e. The van der Waals surface area contributed by atoms with Crippen molar-refractivity contribution in [2.75, 3.05) is 39.9 Å². The van der Waals surface area contributed by atoms with Gasteiger partial charge < -0.3 is 19.7 Å². The van der Waals surface area contributed by atoms with Crippen molar-refractivity contribution in [2.45, 2.75) is 25.9 Å². The molecule has 0 aromatic heterocycles. The summed E-state index contributed by atoms with van der Waals surface area (Å²) in [5, 5.41) is 4.15. The second-order valence-electron chi connectivity index (χ2n) is 6.78. The van der Waals surface area contributed by atoms with Crippen LogP contribution in [0.2, 0.25) is 5.02 Å². The van der Waals surface area contributed by atoms with Crippen molar-refractivity contribution in [2.24, 2.45) is 10.4 Å². The molecule has 1 spiro atoms. The Kier molecular flexibility index (Phi) is 7.64. The molecular formula is C18H27ClIN3O2. The Morgan fingerprint density at radius 1 is 1.40 bits per heavy atom. The molecule has 5 nitrogen and oxygen atoms in total. The van der Waals surface area contributed by atoms with Crippen molar-refractivity contribution < 1.29 is 9.47 Å². The number of halogens is 2. The number of rotatable bonds is 4. The molecule has 0 radical (unpaired) electrons.